The van der Waals surface area contributed by atoms with Crippen molar-refractivity contribution in [3.8, 4) is 11.8 Å². The van der Waals surface area contributed by atoms with Crippen LogP contribution in [0.4, 0.5) is 5.69 Å². The third-order valence-corrected chi connectivity index (χ3v) is 6.81. The second kappa shape index (κ2) is 14.7. The van der Waals surface area contributed by atoms with E-state index in [0.29, 0.717) is 38.3 Å². The molecule has 0 aromatic heterocycles. The summed E-state index contributed by atoms with van der Waals surface area (Å²) >= 11 is 1.50. The number of carbonyl (C=O) groups excluding carboxylic acids is 3. The fraction of sp³-hybridized carbons (Fsp3) is 0.440. The van der Waals surface area contributed by atoms with Crippen LogP contribution in [0.2, 0.25) is 0 Å². The molecule has 0 saturated carbocycles. The van der Waals surface area contributed by atoms with E-state index in [1.165, 1.54) is 11.8 Å². The van der Waals surface area contributed by atoms with E-state index in [1.54, 1.807) is 29.2 Å². The summed E-state index contributed by atoms with van der Waals surface area (Å²) in [4.78, 5) is 38.5. The first-order valence-electron chi connectivity index (χ1n) is 11.5. The van der Waals surface area contributed by atoms with Gasteiger partial charge in [-0.1, -0.05) is 18.2 Å². The Balaban J connectivity index is 1.87. The number of thioether (sulfide) groups is 1. The van der Waals surface area contributed by atoms with Crippen molar-refractivity contribution in [2.75, 3.05) is 38.1 Å². The minimum absolute atomic E-state index is 0.0233. The van der Waals surface area contributed by atoms with Crippen LogP contribution in [0.5, 0.6) is 5.75 Å². The molecule has 3 amide bonds. The van der Waals surface area contributed by atoms with E-state index >= 15 is 0 Å². The van der Waals surface area contributed by atoms with Crippen LogP contribution in [0.1, 0.15) is 19.8 Å². The molecule has 1 aromatic rings. The van der Waals surface area contributed by atoms with E-state index in [4.69, 9.17) is 4.74 Å². The van der Waals surface area contributed by atoms with Crippen molar-refractivity contribution in [3.05, 3.63) is 49.6 Å². The van der Waals surface area contributed by atoms with Gasteiger partial charge in [-0.25, -0.2) is 0 Å². The van der Waals surface area contributed by atoms with Gasteiger partial charge < -0.3 is 25.6 Å². The number of amides is 3. The molecule has 0 aliphatic carbocycles. The summed E-state index contributed by atoms with van der Waals surface area (Å²) in [5.74, 6) is -0.818. The van der Waals surface area contributed by atoms with Gasteiger partial charge in [0, 0.05) is 44.4 Å². The monoisotopic (exact) mass is 499 g/mol. The SMILES string of the molecule is C=CCNC(=O)COc1cccc(NCCC2SC(CC(C#N)C(=O)NCC=C)N(CC)C2=O)c1. The molecule has 0 spiro atoms. The van der Waals surface area contributed by atoms with Crippen LogP contribution in [-0.4, -0.2) is 66.0 Å². The molecule has 1 heterocycles. The highest BCUT2D eigenvalue weighted by molar-refractivity contribution is 8.01. The first kappa shape index (κ1) is 27.8. The number of anilines is 1. The van der Waals surface area contributed by atoms with Crippen LogP contribution in [0.3, 0.4) is 0 Å². The van der Waals surface area contributed by atoms with Crippen LogP contribution in [0.15, 0.2) is 49.6 Å². The second-order valence-electron chi connectivity index (χ2n) is 7.78. The Morgan fingerprint density at radius 2 is 2.03 bits per heavy atom. The van der Waals surface area contributed by atoms with Gasteiger partial charge in [0.2, 0.25) is 11.8 Å². The summed E-state index contributed by atoms with van der Waals surface area (Å²) < 4.78 is 5.52. The molecule has 0 bridgehead atoms. The molecule has 3 N–H and O–H groups in total. The Hall–Kier alpha value is -3.45. The topological polar surface area (TPSA) is 124 Å². The standard InChI is InChI=1S/C25H33N5O4S/c1-4-11-28-22(31)17-34-20-9-7-8-19(15-20)27-13-10-21-25(33)30(6-3)23(35-21)14-18(16-26)24(32)29-12-5-2/h4-5,7-9,15,18,21,23,27H,1-2,6,10-14,17H2,3H3,(H,28,31)(H,29,32). The van der Waals surface area contributed by atoms with Gasteiger partial charge in [0.15, 0.2) is 6.61 Å². The maximum Gasteiger partial charge on any atom is 0.258 e. The first-order chi connectivity index (χ1) is 16.9. The molecule has 1 saturated heterocycles. The molecule has 188 valence electrons. The molecular weight excluding hydrogens is 466 g/mol. The van der Waals surface area contributed by atoms with Crippen molar-refractivity contribution in [3.63, 3.8) is 0 Å². The second-order valence-corrected chi connectivity index (χ2v) is 9.16. The van der Waals surface area contributed by atoms with Crippen LogP contribution in [0, 0.1) is 17.2 Å². The summed E-state index contributed by atoms with van der Waals surface area (Å²) in [6.07, 6.45) is 4.03. The highest BCUT2D eigenvalue weighted by Crippen LogP contribution is 2.37. The number of nitriles is 1. The highest BCUT2D eigenvalue weighted by Gasteiger charge is 2.40. The zero-order valence-electron chi connectivity index (χ0n) is 20.0. The van der Waals surface area contributed by atoms with Gasteiger partial charge in [-0.3, -0.25) is 14.4 Å². The number of benzene rings is 1. The predicted octanol–water partition coefficient (Wildman–Crippen LogP) is 2.29. The minimum Gasteiger partial charge on any atom is -0.484 e. The summed E-state index contributed by atoms with van der Waals surface area (Å²) in [5.41, 5.74) is 0.816. The number of carbonyl (C=O) groups is 3. The predicted molar refractivity (Wildman–Crippen MR) is 138 cm³/mol. The van der Waals surface area contributed by atoms with Gasteiger partial charge in [-0.2, -0.15) is 5.26 Å². The number of rotatable bonds is 15. The van der Waals surface area contributed by atoms with Crippen molar-refractivity contribution in [1.82, 2.24) is 15.5 Å². The lowest BCUT2D eigenvalue weighted by Gasteiger charge is -2.23. The molecule has 1 aliphatic heterocycles. The summed E-state index contributed by atoms with van der Waals surface area (Å²) in [5, 5.41) is 17.6. The summed E-state index contributed by atoms with van der Waals surface area (Å²) in [7, 11) is 0. The average Bonchev–Trinajstić information content (AvgIpc) is 3.17. The number of nitrogens with one attached hydrogen (secondary N) is 3. The Morgan fingerprint density at radius 1 is 1.29 bits per heavy atom. The zero-order valence-corrected chi connectivity index (χ0v) is 20.8. The number of ether oxygens (including phenoxy) is 1. The molecule has 10 heteroatoms. The van der Waals surface area contributed by atoms with Crippen molar-refractivity contribution in [2.24, 2.45) is 5.92 Å². The first-order valence-corrected chi connectivity index (χ1v) is 12.5. The molecule has 3 atom stereocenters. The summed E-state index contributed by atoms with van der Waals surface area (Å²) in [6.45, 7) is 10.7. The highest BCUT2D eigenvalue weighted by atomic mass is 32.2. The average molecular weight is 500 g/mol. The number of hydrogen-bond acceptors (Lipinski definition) is 7. The van der Waals surface area contributed by atoms with Gasteiger partial charge in [-0.05, 0) is 25.5 Å². The molecule has 2 rings (SSSR count). The largest absolute Gasteiger partial charge is 0.484 e. The zero-order chi connectivity index (χ0) is 25.6. The van der Waals surface area contributed by atoms with Gasteiger partial charge in [0.05, 0.1) is 16.7 Å². The van der Waals surface area contributed by atoms with E-state index in [2.05, 4.69) is 35.2 Å². The molecule has 1 fully saturated rings. The molecule has 9 nitrogen and oxygen atoms in total. The van der Waals surface area contributed by atoms with Crippen molar-refractivity contribution >= 4 is 35.2 Å². The Kier molecular flexibility index (Phi) is 11.7. The van der Waals surface area contributed by atoms with Crippen LogP contribution in [-0.2, 0) is 14.4 Å². The van der Waals surface area contributed by atoms with E-state index in [0.717, 1.165) is 5.69 Å². The van der Waals surface area contributed by atoms with Crippen LogP contribution >= 0.6 is 11.8 Å². The molecule has 35 heavy (non-hydrogen) atoms. The number of hydrogen-bond donors (Lipinski definition) is 3. The molecular formula is C25H33N5O4S. The van der Waals surface area contributed by atoms with E-state index in [9.17, 15) is 19.6 Å². The lowest BCUT2D eigenvalue weighted by Crippen LogP contribution is -2.38. The Bertz CT molecular complexity index is 948. The molecule has 0 radical (unpaired) electrons. The van der Waals surface area contributed by atoms with E-state index < -0.39 is 5.92 Å². The van der Waals surface area contributed by atoms with E-state index in [-0.39, 0.29) is 41.4 Å². The minimum atomic E-state index is -0.826. The van der Waals surface area contributed by atoms with Crippen molar-refractivity contribution < 1.29 is 19.1 Å². The molecule has 1 aliphatic rings. The Labute approximate surface area is 211 Å². The van der Waals surface area contributed by atoms with Crippen LogP contribution < -0.4 is 20.7 Å². The fourth-order valence-electron chi connectivity index (χ4n) is 3.53. The summed E-state index contributed by atoms with van der Waals surface area (Å²) in [6, 6.07) is 9.33. The van der Waals surface area contributed by atoms with Gasteiger partial charge in [-0.15, -0.1) is 24.9 Å². The molecule has 3 unspecified atom stereocenters. The normalized spacial score (nSPS) is 17.7. The van der Waals surface area contributed by atoms with Crippen LogP contribution in [0.25, 0.3) is 0 Å². The lowest BCUT2D eigenvalue weighted by molar-refractivity contribution is -0.131. The van der Waals surface area contributed by atoms with Gasteiger partial charge in [0.1, 0.15) is 11.7 Å². The Morgan fingerprint density at radius 3 is 2.71 bits per heavy atom. The van der Waals surface area contributed by atoms with Gasteiger partial charge in [0.25, 0.3) is 5.91 Å². The number of nitrogens with zero attached hydrogens (tertiary/aromatic N) is 2. The van der Waals surface area contributed by atoms with E-state index in [1.807, 2.05) is 19.1 Å². The third-order valence-electron chi connectivity index (χ3n) is 5.28. The third kappa shape index (κ3) is 8.68. The lowest BCUT2D eigenvalue weighted by atomic mass is 10.1. The molecule has 1 aromatic carbocycles. The van der Waals surface area contributed by atoms with Crippen molar-refractivity contribution in [1.29, 1.82) is 5.26 Å². The maximum absolute atomic E-state index is 12.9. The maximum atomic E-state index is 12.9. The quantitative estimate of drug-likeness (QED) is 0.316. The van der Waals surface area contributed by atoms with Gasteiger partial charge >= 0.3 is 0 Å². The fourth-order valence-corrected chi connectivity index (χ4v) is 5.12. The smallest absolute Gasteiger partial charge is 0.258 e. The van der Waals surface area contributed by atoms with Crippen molar-refractivity contribution in [2.45, 2.75) is 30.4 Å².